The predicted octanol–water partition coefficient (Wildman–Crippen LogP) is 0.231. The lowest BCUT2D eigenvalue weighted by atomic mass is 9.64. The fourth-order valence-corrected chi connectivity index (χ4v) is 5.30. The van der Waals surface area contributed by atoms with E-state index in [1.54, 1.807) is 0 Å². The van der Waals surface area contributed by atoms with Crippen LogP contribution in [0.25, 0.3) is 0 Å². The number of ether oxygens (including phenoxy) is 1. The van der Waals surface area contributed by atoms with Crippen LogP contribution < -0.4 is 26.8 Å². The average molecular weight is 435 g/mol. The number of halogens is 3. The summed E-state index contributed by atoms with van der Waals surface area (Å²) < 4.78 is 44.5. The van der Waals surface area contributed by atoms with Crippen LogP contribution in [0, 0.1) is 11.3 Å². The summed E-state index contributed by atoms with van der Waals surface area (Å²) >= 11 is 0. The molecule has 1 aliphatic carbocycles. The van der Waals surface area contributed by atoms with Gasteiger partial charge in [0.05, 0.1) is 32.1 Å². The Morgan fingerprint density at radius 3 is 2.70 bits per heavy atom. The van der Waals surface area contributed by atoms with E-state index in [-0.39, 0.29) is 30.1 Å². The Hall–Kier alpha value is -0.980. The van der Waals surface area contributed by atoms with Crippen molar-refractivity contribution in [2.45, 2.75) is 69.1 Å². The molecule has 1 amide bonds. The average Bonchev–Trinajstić information content (AvgIpc) is 3.09. The lowest BCUT2D eigenvalue weighted by Crippen LogP contribution is -2.64. The predicted molar refractivity (Wildman–Crippen MR) is 104 cm³/mol. The first-order valence-electron chi connectivity index (χ1n) is 10.9. The van der Waals surface area contributed by atoms with Crippen LogP contribution in [0.4, 0.5) is 13.2 Å². The number of alkyl halides is 3. The number of nitrogens with one attached hydrogen (secondary N) is 5. The van der Waals surface area contributed by atoms with Gasteiger partial charge < -0.3 is 10.1 Å². The second-order valence-corrected chi connectivity index (χ2v) is 9.32. The van der Waals surface area contributed by atoms with Crippen LogP contribution in [-0.4, -0.2) is 74.9 Å². The number of hydrogen-bond acceptors (Lipinski definition) is 7. The highest BCUT2D eigenvalue weighted by molar-refractivity contribution is 5.82. The SMILES string of the molecule is CN1CNNC1CC1(C2CCCC(NC(=O)C3CCNC(C(F)(F)F)N3)C2)COC1. The van der Waals surface area contributed by atoms with Gasteiger partial charge >= 0.3 is 6.18 Å². The first kappa shape index (κ1) is 22.2. The van der Waals surface area contributed by atoms with Gasteiger partial charge in [0.15, 0.2) is 6.17 Å². The molecule has 0 aromatic carbocycles. The van der Waals surface area contributed by atoms with E-state index in [2.05, 4.69) is 38.7 Å². The van der Waals surface area contributed by atoms with E-state index in [9.17, 15) is 18.0 Å². The van der Waals surface area contributed by atoms with Gasteiger partial charge in [-0.1, -0.05) is 6.42 Å². The first-order valence-corrected chi connectivity index (χ1v) is 10.9. The maximum absolute atomic E-state index is 13.0. The van der Waals surface area contributed by atoms with Crippen molar-refractivity contribution in [3.05, 3.63) is 0 Å². The quantitative estimate of drug-likeness (QED) is 0.423. The van der Waals surface area contributed by atoms with Crippen LogP contribution >= 0.6 is 0 Å². The number of amides is 1. The molecule has 4 rings (SSSR count). The smallest absolute Gasteiger partial charge is 0.380 e. The van der Waals surface area contributed by atoms with Crippen molar-refractivity contribution in [1.82, 2.24) is 31.7 Å². The Bertz CT molecular complexity index is 618. The molecule has 4 aliphatic rings. The van der Waals surface area contributed by atoms with Crippen LogP contribution in [0.3, 0.4) is 0 Å². The third kappa shape index (κ3) is 4.76. The van der Waals surface area contributed by atoms with E-state index >= 15 is 0 Å². The standard InChI is InChI=1S/C19H33F3N6O2/c1-28-11-24-27-15(28)8-18(9-30-10-18)12-3-2-4-13(7-12)25-16(29)14-5-6-23-17(26-14)19(20,21)22/h12-15,17,23-24,26-27H,2-11H2,1H3,(H,25,29). The second-order valence-electron chi connectivity index (χ2n) is 9.32. The molecule has 8 nitrogen and oxygen atoms in total. The Morgan fingerprint density at radius 1 is 1.27 bits per heavy atom. The van der Waals surface area contributed by atoms with Crippen LogP contribution in [0.5, 0.6) is 0 Å². The minimum atomic E-state index is -4.41. The number of rotatable bonds is 5. The molecule has 0 spiro atoms. The molecule has 1 saturated carbocycles. The molecule has 5 N–H and O–H groups in total. The van der Waals surface area contributed by atoms with Gasteiger partial charge in [0.1, 0.15) is 0 Å². The van der Waals surface area contributed by atoms with Gasteiger partial charge in [-0.15, -0.1) is 0 Å². The summed E-state index contributed by atoms with van der Waals surface area (Å²) in [6.07, 6.45) is -0.840. The molecular formula is C19H33F3N6O2. The molecule has 3 saturated heterocycles. The Kier molecular flexibility index (Phi) is 6.57. The van der Waals surface area contributed by atoms with Crippen molar-refractivity contribution >= 4 is 5.91 Å². The van der Waals surface area contributed by atoms with E-state index in [1.807, 2.05) is 0 Å². The maximum Gasteiger partial charge on any atom is 0.417 e. The van der Waals surface area contributed by atoms with Crippen molar-refractivity contribution in [2.24, 2.45) is 11.3 Å². The van der Waals surface area contributed by atoms with Crippen LogP contribution in [0.1, 0.15) is 38.5 Å². The Morgan fingerprint density at radius 2 is 2.07 bits per heavy atom. The van der Waals surface area contributed by atoms with Crippen molar-refractivity contribution in [3.63, 3.8) is 0 Å². The monoisotopic (exact) mass is 434 g/mol. The summed E-state index contributed by atoms with van der Waals surface area (Å²) in [7, 11) is 2.08. The molecule has 5 unspecified atom stereocenters. The summed E-state index contributed by atoms with van der Waals surface area (Å²) in [5.41, 5.74) is 6.58. The topological polar surface area (TPSA) is 89.7 Å². The maximum atomic E-state index is 13.0. The van der Waals surface area contributed by atoms with Crippen LogP contribution in [0.15, 0.2) is 0 Å². The fourth-order valence-electron chi connectivity index (χ4n) is 5.30. The summed E-state index contributed by atoms with van der Waals surface area (Å²) in [6, 6.07) is -0.816. The number of nitrogens with zero attached hydrogens (tertiary/aromatic N) is 1. The lowest BCUT2D eigenvalue weighted by molar-refractivity contribution is -0.170. The van der Waals surface area contributed by atoms with Gasteiger partial charge in [-0.25, -0.2) is 10.9 Å². The number of hydrazine groups is 1. The number of hydrogen-bond donors (Lipinski definition) is 5. The first-order chi connectivity index (χ1) is 14.3. The minimum absolute atomic E-state index is 0.00198. The molecule has 3 heterocycles. The third-order valence-corrected chi connectivity index (χ3v) is 7.19. The summed E-state index contributed by atoms with van der Waals surface area (Å²) in [5.74, 6) is 0.113. The van der Waals surface area contributed by atoms with Crippen molar-refractivity contribution in [2.75, 3.05) is 33.5 Å². The van der Waals surface area contributed by atoms with Crippen molar-refractivity contribution in [1.29, 1.82) is 0 Å². The Balaban J connectivity index is 1.33. The molecule has 0 bridgehead atoms. The van der Waals surface area contributed by atoms with Gasteiger partial charge in [0.2, 0.25) is 5.91 Å². The zero-order valence-corrected chi connectivity index (χ0v) is 17.4. The lowest BCUT2D eigenvalue weighted by Gasteiger charge is -2.51. The van der Waals surface area contributed by atoms with Gasteiger partial charge in [0.25, 0.3) is 0 Å². The summed E-state index contributed by atoms with van der Waals surface area (Å²) in [6.45, 7) is 2.42. The van der Waals surface area contributed by atoms with Crippen LogP contribution in [-0.2, 0) is 9.53 Å². The largest absolute Gasteiger partial charge is 0.417 e. The van der Waals surface area contributed by atoms with E-state index in [4.69, 9.17) is 4.74 Å². The Labute approximate surface area is 175 Å². The van der Waals surface area contributed by atoms with Crippen LogP contribution in [0.2, 0.25) is 0 Å². The molecular weight excluding hydrogens is 401 g/mol. The highest BCUT2D eigenvalue weighted by atomic mass is 19.4. The molecule has 4 fully saturated rings. The van der Waals surface area contributed by atoms with Crippen molar-refractivity contribution < 1.29 is 22.7 Å². The number of carbonyl (C=O) groups excluding carboxylic acids is 1. The highest BCUT2D eigenvalue weighted by Crippen LogP contribution is 2.47. The summed E-state index contributed by atoms with van der Waals surface area (Å²) in [4.78, 5) is 14.9. The van der Waals surface area contributed by atoms with E-state index < -0.39 is 18.4 Å². The van der Waals surface area contributed by atoms with Gasteiger partial charge in [-0.3, -0.25) is 20.3 Å². The fraction of sp³-hybridized carbons (Fsp3) is 0.947. The zero-order valence-electron chi connectivity index (χ0n) is 17.4. The molecule has 30 heavy (non-hydrogen) atoms. The zero-order chi connectivity index (χ0) is 21.4. The van der Waals surface area contributed by atoms with Gasteiger partial charge in [-0.2, -0.15) is 13.2 Å². The highest BCUT2D eigenvalue weighted by Gasteiger charge is 2.49. The molecule has 3 aliphatic heterocycles. The third-order valence-electron chi connectivity index (χ3n) is 7.19. The molecule has 0 aromatic rings. The van der Waals surface area contributed by atoms with E-state index in [1.165, 1.54) is 0 Å². The normalized spacial score (nSPS) is 37.5. The molecule has 172 valence electrons. The number of carbonyl (C=O) groups is 1. The minimum Gasteiger partial charge on any atom is -0.380 e. The van der Waals surface area contributed by atoms with Crippen molar-refractivity contribution in [3.8, 4) is 0 Å². The second kappa shape index (κ2) is 8.87. The van der Waals surface area contributed by atoms with E-state index in [0.29, 0.717) is 12.3 Å². The molecule has 5 atom stereocenters. The molecule has 0 aromatic heterocycles. The molecule has 0 radical (unpaired) electrons. The molecule has 11 heteroatoms. The van der Waals surface area contributed by atoms with Gasteiger partial charge in [-0.05, 0) is 51.6 Å². The van der Waals surface area contributed by atoms with Gasteiger partial charge in [0, 0.05) is 11.5 Å². The van der Waals surface area contributed by atoms with E-state index in [0.717, 1.165) is 52.0 Å². The summed E-state index contributed by atoms with van der Waals surface area (Å²) in [5, 5.41) is 7.83.